The standard InChI is InChI=1S/C27H22FN3O5/c28-24-17(8-11-20-21(24)15-31(27(20)35)22-12-13-23(32)30-26(22)34)14-29-25(33)16-6-9-19(10-7-16)36-18-4-2-1-3-5-18/h1-11,22H,12-15H2,(H,29,33)(H,30,32,34). The molecule has 0 aromatic heterocycles. The summed E-state index contributed by atoms with van der Waals surface area (Å²) in [6.45, 7) is -0.149. The Hall–Kier alpha value is -4.53. The predicted molar refractivity (Wildman–Crippen MR) is 127 cm³/mol. The van der Waals surface area contributed by atoms with Gasteiger partial charge >= 0.3 is 0 Å². The molecule has 3 aromatic rings. The first-order chi connectivity index (χ1) is 17.4. The number of nitrogens with one attached hydrogen (secondary N) is 2. The summed E-state index contributed by atoms with van der Waals surface area (Å²) in [7, 11) is 0. The van der Waals surface area contributed by atoms with E-state index in [1.165, 1.54) is 17.0 Å². The van der Waals surface area contributed by atoms with Crippen molar-refractivity contribution in [3.63, 3.8) is 0 Å². The van der Waals surface area contributed by atoms with Crippen LogP contribution in [0.2, 0.25) is 0 Å². The Balaban J connectivity index is 1.23. The van der Waals surface area contributed by atoms with Gasteiger partial charge in [-0.2, -0.15) is 0 Å². The van der Waals surface area contributed by atoms with Gasteiger partial charge < -0.3 is 15.0 Å². The number of rotatable bonds is 6. The molecule has 0 bridgehead atoms. The van der Waals surface area contributed by atoms with E-state index in [4.69, 9.17) is 4.74 Å². The Morgan fingerprint density at radius 1 is 1.00 bits per heavy atom. The molecule has 0 radical (unpaired) electrons. The van der Waals surface area contributed by atoms with Gasteiger partial charge in [-0.05, 0) is 48.9 Å². The molecule has 8 nitrogen and oxygen atoms in total. The molecule has 1 atom stereocenters. The molecule has 2 N–H and O–H groups in total. The van der Waals surface area contributed by atoms with Gasteiger partial charge in [0.2, 0.25) is 11.8 Å². The van der Waals surface area contributed by atoms with Crippen LogP contribution in [0.4, 0.5) is 4.39 Å². The summed E-state index contributed by atoms with van der Waals surface area (Å²) in [6, 6.07) is 18.0. The second-order valence-electron chi connectivity index (χ2n) is 8.59. The van der Waals surface area contributed by atoms with Crippen LogP contribution in [-0.4, -0.2) is 34.6 Å². The Morgan fingerprint density at radius 3 is 2.44 bits per heavy atom. The first-order valence-corrected chi connectivity index (χ1v) is 11.5. The number of hydrogen-bond acceptors (Lipinski definition) is 5. The van der Waals surface area contributed by atoms with Gasteiger partial charge in [-0.25, -0.2) is 4.39 Å². The van der Waals surface area contributed by atoms with Gasteiger partial charge in [-0.3, -0.25) is 24.5 Å². The van der Waals surface area contributed by atoms with E-state index in [-0.39, 0.29) is 54.4 Å². The first-order valence-electron chi connectivity index (χ1n) is 11.5. The molecule has 0 saturated carbocycles. The number of carbonyl (C=O) groups is 4. The fourth-order valence-electron chi connectivity index (χ4n) is 4.37. The molecule has 36 heavy (non-hydrogen) atoms. The highest BCUT2D eigenvalue weighted by molar-refractivity contribution is 6.05. The zero-order valence-corrected chi connectivity index (χ0v) is 19.1. The van der Waals surface area contributed by atoms with Crippen molar-refractivity contribution < 1.29 is 28.3 Å². The molecular weight excluding hydrogens is 465 g/mol. The predicted octanol–water partition coefficient (Wildman–Crippen LogP) is 3.31. The van der Waals surface area contributed by atoms with Crippen molar-refractivity contribution in [3.05, 3.63) is 94.8 Å². The monoisotopic (exact) mass is 487 g/mol. The third-order valence-electron chi connectivity index (χ3n) is 6.26. The molecule has 2 aliphatic heterocycles. The highest BCUT2D eigenvalue weighted by atomic mass is 19.1. The summed E-state index contributed by atoms with van der Waals surface area (Å²) in [6.07, 6.45) is 0.319. The number of carbonyl (C=O) groups excluding carboxylic acids is 4. The van der Waals surface area contributed by atoms with Crippen molar-refractivity contribution in [3.8, 4) is 11.5 Å². The number of benzene rings is 3. The lowest BCUT2D eigenvalue weighted by Crippen LogP contribution is -2.52. The minimum atomic E-state index is -0.820. The molecule has 2 heterocycles. The number of imide groups is 1. The van der Waals surface area contributed by atoms with Gasteiger partial charge in [-0.1, -0.05) is 24.3 Å². The molecule has 1 fully saturated rings. The van der Waals surface area contributed by atoms with Crippen LogP contribution in [0.25, 0.3) is 0 Å². The molecule has 1 unspecified atom stereocenters. The minimum Gasteiger partial charge on any atom is -0.457 e. The van der Waals surface area contributed by atoms with Crippen LogP contribution >= 0.6 is 0 Å². The summed E-state index contributed by atoms with van der Waals surface area (Å²) >= 11 is 0. The number of hydrogen-bond donors (Lipinski definition) is 2. The van der Waals surface area contributed by atoms with Crippen molar-refractivity contribution in [2.45, 2.75) is 32.0 Å². The van der Waals surface area contributed by atoms with Crippen molar-refractivity contribution in [2.75, 3.05) is 0 Å². The van der Waals surface area contributed by atoms with Crippen molar-refractivity contribution in [2.24, 2.45) is 0 Å². The van der Waals surface area contributed by atoms with Crippen LogP contribution in [0, 0.1) is 5.82 Å². The summed E-state index contributed by atoms with van der Waals surface area (Å²) in [5.74, 6) is -1.12. The summed E-state index contributed by atoms with van der Waals surface area (Å²) in [5.41, 5.74) is 0.973. The minimum absolute atomic E-state index is 0.0725. The smallest absolute Gasteiger partial charge is 0.255 e. The van der Waals surface area contributed by atoms with E-state index >= 15 is 4.39 Å². The van der Waals surface area contributed by atoms with Crippen LogP contribution in [0.1, 0.15) is 44.7 Å². The average Bonchev–Trinajstić information content (AvgIpc) is 3.21. The number of fused-ring (bicyclic) bond motifs is 1. The van der Waals surface area contributed by atoms with Crippen molar-refractivity contribution in [1.82, 2.24) is 15.5 Å². The molecule has 182 valence electrons. The highest BCUT2D eigenvalue weighted by Gasteiger charge is 2.40. The molecule has 0 spiro atoms. The number of amides is 4. The number of halogens is 1. The normalized spacial score (nSPS) is 17.0. The maximum atomic E-state index is 15.3. The van der Waals surface area contributed by atoms with Crippen LogP contribution in [-0.2, 0) is 22.7 Å². The number of ether oxygens (including phenoxy) is 1. The lowest BCUT2D eigenvalue weighted by atomic mass is 10.0. The summed E-state index contributed by atoms with van der Waals surface area (Å²) in [4.78, 5) is 50.3. The Bertz CT molecular complexity index is 1360. The lowest BCUT2D eigenvalue weighted by Gasteiger charge is -2.29. The average molecular weight is 487 g/mol. The van der Waals surface area contributed by atoms with E-state index in [1.807, 2.05) is 30.3 Å². The molecule has 2 aliphatic rings. The van der Waals surface area contributed by atoms with E-state index in [0.29, 0.717) is 17.1 Å². The quantitative estimate of drug-likeness (QED) is 0.519. The molecule has 5 rings (SSSR count). The van der Waals surface area contributed by atoms with Gasteiger partial charge in [0.05, 0.1) is 6.54 Å². The molecule has 0 aliphatic carbocycles. The van der Waals surface area contributed by atoms with Gasteiger partial charge in [0.15, 0.2) is 0 Å². The van der Waals surface area contributed by atoms with Crippen LogP contribution < -0.4 is 15.4 Å². The maximum Gasteiger partial charge on any atom is 0.255 e. The largest absolute Gasteiger partial charge is 0.457 e. The number of nitrogens with zero attached hydrogens (tertiary/aromatic N) is 1. The second-order valence-corrected chi connectivity index (χ2v) is 8.59. The van der Waals surface area contributed by atoms with Crippen LogP contribution in [0.5, 0.6) is 11.5 Å². The molecular formula is C27H22FN3O5. The van der Waals surface area contributed by atoms with Gasteiger partial charge in [-0.15, -0.1) is 0 Å². The lowest BCUT2D eigenvalue weighted by molar-refractivity contribution is -0.136. The van der Waals surface area contributed by atoms with E-state index in [0.717, 1.165) is 0 Å². The Kier molecular flexibility index (Phi) is 6.20. The van der Waals surface area contributed by atoms with Crippen molar-refractivity contribution >= 4 is 23.6 Å². The number of para-hydroxylation sites is 1. The highest BCUT2D eigenvalue weighted by Crippen LogP contribution is 2.30. The van der Waals surface area contributed by atoms with Crippen LogP contribution in [0.3, 0.4) is 0 Å². The van der Waals surface area contributed by atoms with Crippen LogP contribution in [0.15, 0.2) is 66.7 Å². The summed E-state index contributed by atoms with van der Waals surface area (Å²) in [5, 5.41) is 4.92. The molecule has 3 aromatic carbocycles. The molecule has 4 amide bonds. The molecule has 1 saturated heterocycles. The van der Waals surface area contributed by atoms with E-state index < -0.39 is 23.7 Å². The number of piperidine rings is 1. The van der Waals surface area contributed by atoms with Crippen molar-refractivity contribution in [1.29, 1.82) is 0 Å². The third-order valence-corrected chi connectivity index (χ3v) is 6.26. The fraction of sp³-hybridized carbons (Fsp3) is 0.185. The topological polar surface area (TPSA) is 105 Å². The zero-order chi connectivity index (χ0) is 25.2. The third kappa shape index (κ3) is 4.55. The van der Waals surface area contributed by atoms with E-state index in [1.54, 1.807) is 24.3 Å². The summed E-state index contributed by atoms with van der Waals surface area (Å²) < 4.78 is 21.0. The van der Waals surface area contributed by atoms with Gasteiger partial charge in [0, 0.05) is 35.2 Å². The Morgan fingerprint density at radius 2 is 1.72 bits per heavy atom. The molecule has 9 heteroatoms. The van der Waals surface area contributed by atoms with Gasteiger partial charge in [0.1, 0.15) is 23.4 Å². The second kappa shape index (κ2) is 9.61. The SMILES string of the molecule is O=C1CCC(N2Cc3c(ccc(CNC(=O)c4ccc(Oc5ccccc5)cc4)c3F)C2=O)C(=O)N1. The van der Waals surface area contributed by atoms with E-state index in [9.17, 15) is 19.2 Å². The maximum absolute atomic E-state index is 15.3. The first kappa shape index (κ1) is 23.2. The zero-order valence-electron chi connectivity index (χ0n) is 19.1. The fourth-order valence-corrected chi connectivity index (χ4v) is 4.37. The van der Waals surface area contributed by atoms with Gasteiger partial charge in [0.25, 0.3) is 11.8 Å². The Labute approximate surface area is 206 Å². The van der Waals surface area contributed by atoms with E-state index in [2.05, 4.69) is 10.6 Å².